The topological polar surface area (TPSA) is 64.1 Å². The zero-order valence-corrected chi connectivity index (χ0v) is 18.3. The van der Waals surface area contributed by atoms with Crippen molar-refractivity contribution >= 4 is 23.3 Å². The molecule has 6 heteroatoms. The summed E-state index contributed by atoms with van der Waals surface area (Å²) in [6.45, 7) is 0. The van der Waals surface area contributed by atoms with Gasteiger partial charge in [-0.15, -0.1) is 0 Å². The molecule has 3 aromatic carbocycles. The average molecular weight is 444 g/mol. The number of methoxy groups -OCH3 is 1. The summed E-state index contributed by atoms with van der Waals surface area (Å²) < 4.78 is 5.24. The Hall–Kier alpha value is -3.70. The first-order chi connectivity index (χ1) is 15.6. The maximum Gasteiger partial charge on any atom is 0.229 e. The summed E-state index contributed by atoms with van der Waals surface area (Å²) >= 11 is 5.93. The lowest BCUT2D eigenvalue weighted by atomic mass is 10.1. The molecule has 0 unspecified atom stereocenters. The molecule has 32 heavy (non-hydrogen) atoms. The van der Waals surface area contributed by atoms with E-state index in [0.717, 1.165) is 28.1 Å². The summed E-state index contributed by atoms with van der Waals surface area (Å²) in [6.07, 6.45) is 2.45. The minimum absolute atomic E-state index is 0.159. The van der Waals surface area contributed by atoms with Gasteiger partial charge < -0.3 is 10.1 Å². The predicted molar refractivity (Wildman–Crippen MR) is 127 cm³/mol. The third-order valence-electron chi connectivity index (χ3n) is 4.98. The Morgan fingerprint density at radius 2 is 1.66 bits per heavy atom. The Morgan fingerprint density at radius 1 is 0.938 bits per heavy atom. The van der Waals surface area contributed by atoms with Crippen molar-refractivity contribution in [2.24, 2.45) is 0 Å². The van der Waals surface area contributed by atoms with Gasteiger partial charge in [0.05, 0.1) is 31.1 Å². The van der Waals surface area contributed by atoms with E-state index < -0.39 is 0 Å². The number of ether oxygens (including phenoxy) is 1. The van der Waals surface area contributed by atoms with Crippen molar-refractivity contribution in [1.82, 2.24) is 9.97 Å². The first kappa shape index (κ1) is 21.5. The molecule has 1 heterocycles. The van der Waals surface area contributed by atoms with Crippen molar-refractivity contribution in [3.63, 3.8) is 0 Å². The number of carbonyl (C=O) groups excluding carboxylic acids is 1. The molecule has 0 fully saturated rings. The smallest absolute Gasteiger partial charge is 0.229 e. The highest BCUT2D eigenvalue weighted by atomic mass is 35.5. The Morgan fingerprint density at radius 3 is 2.34 bits per heavy atom. The molecule has 4 rings (SSSR count). The van der Waals surface area contributed by atoms with Crippen LogP contribution in [-0.4, -0.2) is 23.0 Å². The minimum Gasteiger partial charge on any atom is -0.497 e. The fraction of sp³-hybridized carbons (Fsp3) is 0.115. The summed E-state index contributed by atoms with van der Waals surface area (Å²) in [7, 11) is 1.63. The van der Waals surface area contributed by atoms with Gasteiger partial charge in [-0.3, -0.25) is 4.79 Å². The van der Waals surface area contributed by atoms with E-state index in [0.29, 0.717) is 23.0 Å². The standard InChI is InChI=1S/C26H22ClN3O2/c1-32-22-13-9-20(10-14-22)24-17-28-26(23(29-24)15-18-5-3-2-4-6-18)30-25(31)16-19-7-11-21(27)12-8-19/h2-14,17H,15-16H2,1H3,(H,28,30,31). The van der Waals surface area contributed by atoms with Gasteiger partial charge >= 0.3 is 0 Å². The van der Waals surface area contributed by atoms with Gasteiger partial charge in [0.25, 0.3) is 0 Å². The maximum absolute atomic E-state index is 12.7. The van der Waals surface area contributed by atoms with Crippen LogP contribution in [0, 0.1) is 0 Å². The molecule has 1 aromatic heterocycles. The molecule has 0 aliphatic carbocycles. The molecule has 1 N–H and O–H groups in total. The summed E-state index contributed by atoms with van der Waals surface area (Å²) in [5, 5.41) is 3.56. The van der Waals surface area contributed by atoms with Gasteiger partial charge in [0.15, 0.2) is 5.82 Å². The average Bonchev–Trinajstić information content (AvgIpc) is 2.82. The second kappa shape index (κ2) is 10.1. The Labute approximate surface area is 192 Å². The van der Waals surface area contributed by atoms with E-state index in [1.54, 1.807) is 25.4 Å². The highest BCUT2D eigenvalue weighted by Crippen LogP contribution is 2.24. The number of anilines is 1. The van der Waals surface area contributed by atoms with Crippen LogP contribution in [0.4, 0.5) is 5.82 Å². The van der Waals surface area contributed by atoms with Gasteiger partial charge in [-0.1, -0.05) is 54.1 Å². The van der Waals surface area contributed by atoms with Crippen LogP contribution in [0.2, 0.25) is 5.02 Å². The third-order valence-corrected chi connectivity index (χ3v) is 5.23. The fourth-order valence-corrected chi connectivity index (χ4v) is 3.44. The van der Waals surface area contributed by atoms with Crippen molar-refractivity contribution in [2.75, 3.05) is 12.4 Å². The largest absolute Gasteiger partial charge is 0.497 e. The van der Waals surface area contributed by atoms with E-state index >= 15 is 0 Å². The second-order valence-electron chi connectivity index (χ2n) is 7.29. The summed E-state index contributed by atoms with van der Waals surface area (Å²) in [5.41, 5.74) is 4.32. The van der Waals surface area contributed by atoms with Crippen LogP contribution in [-0.2, 0) is 17.6 Å². The van der Waals surface area contributed by atoms with Crippen LogP contribution in [0.3, 0.4) is 0 Å². The second-order valence-corrected chi connectivity index (χ2v) is 7.73. The predicted octanol–water partition coefficient (Wildman–Crippen LogP) is 5.58. The number of aromatic nitrogens is 2. The van der Waals surface area contributed by atoms with Gasteiger partial charge in [0.1, 0.15) is 5.75 Å². The molecule has 0 radical (unpaired) electrons. The van der Waals surface area contributed by atoms with E-state index in [9.17, 15) is 4.79 Å². The lowest BCUT2D eigenvalue weighted by molar-refractivity contribution is -0.115. The minimum atomic E-state index is -0.159. The van der Waals surface area contributed by atoms with E-state index in [1.807, 2.05) is 66.7 Å². The molecular weight excluding hydrogens is 422 g/mol. The van der Waals surface area contributed by atoms with E-state index in [1.165, 1.54) is 0 Å². The Balaban J connectivity index is 1.60. The van der Waals surface area contributed by atoms with Crippen LogP contribution in [0.15, 0.2) is 85.1 Å². The van der Waals surface area contributed by atoms with Crippen molar-refractivity contribution < 1.29 is 9.53 Å². The molecule has 0 saturated heterocycles. The van der Waals surface area contributed by atoms with Crippen LogP contribution >= 0.6 is 11.6 Å². The normalized spacial score (nSPS) is 10.6. The molecule has 0 saturated carbocycles. The lowest BCUT2D eigenvalue weighted by Gasteiger charge is -2.12. The van der Waals surface area contributed by atoms with Gasteiger partial charge in [0.2, 0.25) is 5.91 Å². The van der Waals surface area contributed by atoms with Crippen LogP contribution in [0.1, 0.15) is 16.8 Å². The molecule has 0 spiro atoms. The fourth-order valence-electron chi connectivity index (χ4n) is 3.31. The number of nitrogens with one attached hydrogen (secondary N) is 1. The van der Waals surface area contributed by atoms with Gasteiger partial charge in [-0.05, 0) is 47.5 Å². The number of hydrogen-bond acceptors (Lipinski definition) is 4. The van der Waals surface area contributed by atoms with Gasteiger partial charge in [-0.25, -0.2) is 9.97 Å². The third kappa shape index (κ3) is 5.50. The number of carbonyl (C=O) groups is 1. The van der Waals surface area contributed by atoms with Gasteiger partial charge in [0, 0.05) is 17.0 Å². The SMILES string of the molecule is COc1ccc(-c2cnc(NC(=O)Cc3ccc(Cl)cc3)c(Cc3ccccc3)n2)cc1. The summed E-state index contributed by atoms with van der Waals surface area (Å²) in [5.74, 6) is 1.08. The highest BCUT2D eigenvalue weighted by molar-refractivity contribution is 6.30. The molecular formula is C26H22ClN3O2. The lowest BCUT2D eigenvalue weighted by Crippen LogP contribution is -2.17. The number of nitrogens with zero attached hydrogens (tertiary/aromatic N) is 2. The molecule has 1 amide bonds. The first-order valence-electron chi connectivity index (χ1n) is 10.2. The molecule has 4 aromatic rings. The van der Waals surface area contributed by atoms with Crippen molar-refractivity contribution in [3.05, 3.63) is 107 Å². The zero-order valence-electron chi connectivity index (χ0n) is 17.6. The molecule has 160 valence electrons. The van der Waals surface area contributed by atoms with Crippen LogP contribution in [0.5, 0.6) is 5.75 Å². The van der Waals surface area contributed by atoms with E-state index in [4.69, 9.17) is 21.3 Å². The molecule has 0 bridgehead atoms. The Kier molecular flexibility index (Phi) is 6.78. The monoisotopic (exact) mass is 443 g/mol. The van der Waals surface area contributed by atoms with Crippen molar-refractivity contribution in [3.8, 4) is 17.0 Å². The van der Waals surface area contributed by atoms with Crippen molar-refractivity contribution in [2.45, 2.75) is 12.8 Å². The van der Waals surface area contributed by atoms with Crippen molar-refractivity contribution in [1.29, 1.82) is 0 Å². The summed E-state index contributed by atoms with van der Waals surface area (Å²) in [6, 6.07) is 24.9. The van der Waals surface area contributed by atoms with E-state index in [2.05, 4.69) is 10.3 Å². The quantitative estimate of drug-likeness (QED) is 0.405. The van der Waals surface area contributed by atoms with Crippen LogP contribution in [0.25, 0.3) is 11.3 Å². The molecule has 0 aliphatic rings. The zero-order chi connectivity index (χ0) is 22.3. The number of rotatable bonds is 7. The highest BCUT2D eigenvalue weighted by Gasteiger charge is 2.13. The number of amides is 1. The summed E-state index contributed by atoms with van der Waals surface area (Å²) in [4.78, 5) is 22.0. The number of hydrogen-bond donors (Lipinski definition) is 1. The molecule has 0 aliphatic heterocycles. The number of halogens is 1. The maximum atomic E-state index is 12.7. The van der Waals surface area contributed by atoms with E-state index in [-0.39, 0.29) is 12.3 Å². The van der Waals surface area contributed by atoms with Gasteiger partial charge in [-0.2, -0.15) is 0 Å². The molecule has 5 nitrogen and oxygen atoms in total. The Bertz CT molecular complexity index is 1190. The molecule has 0 atom stereocenters. The van der Waals surface area contributed by atoms with Crippen LogP contribution < -0.4 is 10.1 Å². The number of benzene rings is 3. The first-order valence-corrected chi connectivity index (χ1v) is 10.6.